The van der Waals surface area contributed by atoms with E-state index in [9.17, 15) is 24.3 Å². The molecule has 10 nitrogen and oxygen atoms in total. The van der Waals surface area contributed by atoms with Gasteiger partial charge in [0.15, 0.2) is 0 Å². The van der Waals surface area contributed by atoms with E-state index in [-0.39, 0.29) is 45.6 Å². The van der Waals surface area contributed by atoms with E-state index in [1.54, 1.807) is 0 Å². The Morgan fingerprint density at radius 1 is 0.922 bits per heavy atom. The summed E-state index contributed by atoms with van der Waals surface area (Å²) in [7, 11) is 0. The number of imide groups is 1. The van der Waals surface area contributed by atoms with Crippen LogP contribution < -0.4 is 10.6 Å². The number of phenolic OH excluding ortho intramolecular Hbond substituents is 1. The lowest BCUT2D eigenvalue weighted by atomic mass is 9.81. The van der Waals surface area contributed by atoms with E-state index in [4.69, 9.17) is 0 Å². The summed E-state index contributed by atoms with van der Waals surface area (Å²) in [4.78, 5) is 56.1. The first kappa shape index (κ1) is 38.9. The highest BCUT2D eigenvalue weighted by molar-refractivity contribution is 8.00. The van der Waals surface area contributed by atoms with Crippen LogP contribution in [0.1, 0.15) is 110 Å². The molecule has 11 heteroatoms. The number of carbonyl (C=O) groups excluding carboxylic acids is 4. The van der Waals surface area contributed by atoms with E-state index in [2.05, 4.69) is 68.1 Å². The lowest BCUT2D eigenvalue weighted by Gasteiger charge is -2.30. The molecular formula is C40H59N5O5S. The number of benzene rings is 1. The number of unbranched alkanes of at least 4 members (excludes halogenated alkanes) is 2. The molecule has 1 aromatic carbocycles. The third-order valence-electron chi connectivity index (χ3n) is 10.2. The fourth-order valence-corrected chi connectivity index (χ4v) is 8.45. The SMILES string of the molecule is CC(C)(C)Cc1c(SC(C)(C)C)[nH]c2c(CN3CC3CCNC(=O)CCCCCNC(=O)C3CCC(CN4C(=O)C=CC4=O)CC3)c(O)ccc12. The van der Waals surface area contributed by atoms with Gasteiger partial charge in [-0.3, -0.25) is 29.0 Å². The maximum Gasteiger partial charge on any atom is 0.253 e. The lowest BCUT2D eigenvalue weighted by Crippen LogP contribution is -2.38. The summed E-state index contributed by atoms with van der Waals surface area (Å²) in [5.41, 5.74) is 3.44. The normalized spacial score (nSPS) is 22.2. The van der Waals surface area contributed by atoms with E-state index in [0.29, 0.717) is 44.4 Å². The van der Waals surface area contributed by atoms with Gasteiger partial charge in [0.05, 0.1) is 10.5 Å². The minimum absolute atomic E-state index is 0.0120. The van der Waals surface area contributed by atoms with Crippen LogP contribution in [0.2, 0.25) is 0 Å². The van der Waals surface area contributed by atoms with Crippen LogP contribution in [0.3, 0.4) is 0 Å². The fraction of sp³-hybridized carbons (Fsp3) is 0.650. The fourth-order valence-electron chi connectivity index (χ4n) is 7.38. The number of amides is 4. The Bertz CT molecular complexity index is 1590. The number of carbonyl (C=O) groups is 4. The average Bonchev–Trinajstić information content (AvgIpc) is 3.61. The summed E-state index contributed by atoms with van der Waals surface area (Å²) in [6.07, 6.45) is 10.7. The summed E-state index contributed by atoms with van der Waals surface area (Å²) in [5.74, 6) is 0.250. The quantitative estimate of drug-likeness (QED) is 0.0678. The van der Waals surface area contributed by atoms with E-state index < -0.39 is 0 Å². The second-order valence-corrected chi connectivity index (χ2v) is 18.9. The van der Waals surface area contributed by atoms with Gasteiger partial charge in [-0.15, -0.1) is 11.8 Å². The predicted molar refractivity (Wildman–Crippen MR) is 203 cm³/mol. The number of nitrogens with one attached hydrogen (secondary N) is 3. The molecule has 2 unspecified atom stereocenters. The van der Waals surface area contributed by atoms with E-state index in [0.717, 1.165) is 75.4 Å². The van der Waals surface area contributed by atoms with Crippen LogP contribution >= 0.6 is 11.8 Å². The summed E-state index contributed by atoms with van der Waals surface area (Å²) in [6.45, 7) is 16.8. The number of hydrogen-bond acceptors (Lipinski definition) is 7. The molecule has 2 aromatic rings. The van der Waals surface area contributed by atoms with Crippen LogP contribution in [-0.4, -0.2) is 80.5 Å². The monoisotopic (exact) mass is 721 g/mol. The van der Waals surface area contributed by atoms with Crippen molar-refractivity contribution < 1.29 is 24.3 Å². The number of nitrogens with zero attached hydrogens (tertiary/aromatic N) is 2. The zero-order chi connectivity index (χ0) is 36.9. The van der Waals surface area contributed by atoms with Crippen molar-refractivity contribution in [3.63, 3.8) is 0 Å². The maximum atomic E-state index is 12.7. The molecule has 2 fully saturated rings. The molecule has 1 saturated carbocycles. The van der Waals surface area contributed by atoms with Gasteiger partial charge in [0.1, 0.15) is 5.75 Å². The van der Waals surface area contributed by atoms with Gasteiger partial charge in [-0.25, -0.2) is 0 Å². The minimum Gasteiger partial charge on any atom is -0.508 e. The number of aromatic hydroxyl groups is 1. The highest BCUT2D eigenvalue weighted by Gasteiger charge is 2.35. The molecule has 1 aliphatic carbocycles. The smallest absolute Gasteiger partial charge is 0.253 e. The van der Waals surface area contributed by atoms with Crippen molar-refractivity contribution in [3.05, 3.63) is 35.4 Å². The molecule has 5 rings (SSSR count). The lowest BCUT2D eigenvalue weighted by molar-refractivity contribution is -0.138. The molecule has 2 aliphatic heterocycles. The number of thioether (sulfide) groups is 1. The summed E-state index contributed by atoms with van der Waals surface area (Å²) < 4.78 is 0.0614. The number of phenols is 1. The molecule has 1 aromatic heterocycles. The van der Waals surface area contributed by atoms with Gasteiger partial charge in [0.25, 0.3) is 11.8 Å². The predicted octanol–water partition coefficient (Wildman–Crippen LogP) is 6.45. The Balaban J connectivity index is 0.955. The summed E-state index contributed by atoms with van der Waals surface area (Å²) >= 11 is 1.85. The van der Waals surface area contributed by atoms with Gasteiger partial charge in [-0.2, -0.15) is 0 Å². The van der Waals surface area contributed by atoms with Crippen LogP contribution in [0, 0.1) is 17.3 Å². The van der Waals surface area contributed by atoms with Crippen molar-refractivity contribution in [3.8, 4) is 5.75 Å². The van der Waals surface area contributed by atoms with E-state index >= 15 is 0 Å². The van der Waals surface area contributed by atoms with Gasteiger partial charge in [-0.1, -0.05) is 48.0 Å². The minimum atomic E-state index is -0.239. The van der Waals surface area contributed by atoms with Gasteiger partial charge in [0, 0.05) is 79.0 Å². The largest absolute Gasteiger partial charge is 0.508 e. The van der Waals surface area contributed by atoms with Crippen molar-refractivity contribution in [2.45, 2.75) is 128 Å². The molecule has 3 heterocycles. The molecule has 4 amide bonds. The van der Waals surface area contributed by atoms with Gasteiger partial charge >= 0.3 is 0 Å². The van der Waals surface area contributed by atoms with Crippen LogP contribution in [0.5, 0.6) is 5.75 Å². The Morgan fingerprint density at radius 2 is 1.63 bits per heavy atom. The molecule has 0 spiro atoms. The standard InChI is InChI=1S/C40H59N5O5S/c1-39(2,3)22-30-29-15-16-32(46)31(36(29)43-38(30)51-40(4,5)6)25-44-24-28(44)19-21-41-33(47)10-8-7-9-20-42-37(50)27-13-11-26(12-14-27)23-45-34(48)17-18-35(45)49/h15-18,26-28,43,46H,7-14,19-25H2,1-6H3,(H,41,47)(H,42,50). The molecule has 2 atom stereocenters. The Morgan fingerprint density at radius 3 is 2.29 bits per heavy atom. The van der Waals surface area contributed by atoms with Crippen LogP contribution in [0.4, 0.5) is 0 Å². The average molecular weight is 722 g/mol. The topological polar surface area (TPSA) is 135 Å². The van der Waals surface area contributed by atoms with Crippen molar-refractivity contribution in [2.75, 3.05) is 26.2 Å². The van der Waals surface area contributed by atoms with Crippen LogP contribution in [-0.2, 0) is 32.1 Å². The number of aromatic amines is 1. The van der Waals surface area contributed by atoms with Gasteiger partial charge < -0.3 is 20.7 Å². The molecule has 280 valence electrons. The van der Waals surface area contributed by atoms with Crippen molar-refractivity contribution in [1.29, 1.82) is 0 Å². The zero-order valence-electron chi connectivity index (χ0n) is 31.5. The Hall–Kier alpha value is -3.31. The van der Waals surface area contributed by atoms with E-state index in [1.807, 2.05) is 17.8 Å². The summed E-state index contributed by atoms with van der Waals surface area (Å²) in [6, 6.07) is 4.29. The Labute approximate surface area is 307 Å². The third-order valence-corrected chi connectivity index (χ3v) is 11.3. The van der Waals surface area contributed by atoms with Crippen molar-refractivity contribution in [2.24, 2.45) is 17.3 Å². The van der Waals surface area contributed by atoms with Crippen LogP contribution in [0.25, 0.3) is 10.9 Å². The molecule has 51 heavy (non-hydrogen) atoms. The first-order valence-electron chi connectivity index (χ1n) is 18.9. The number of hydrogen-bond donors (Lipinski definition) is 4. The molecule has 0 radical (unpaired) electrons. The number of fused-ring (bicyclic) bond motifs is 1. The maximum absolute atomic E-state index is 12.7. The number of rotatable bonds is 16. The first-order chi connectivity index (χ1) is 24.1. The van der Waals surface area contributed by atoms with Gasteiger partial charge in [0.2, 0.25) is 11.8 Å². The van der Waals surface area contributed by atoms with Crippen LogP contribution in [0.15, 0.2) is 29.3 Å². The third kappa shape index (κ3) is 11.1. The number of H-pyrrole nitrogens is 1. The Kier molecular flexibility index (Phi) is 12.6. The molecule has 3 aliphatic rings. The van der Waals surface area contributed by atoms with Gasteiger partial charge in [-0.05, 0) is 80.4 Å². The molecule has 4 N–H and O–H groups in total. The number of aromatic nitrogens is 1. The summed E-state index contributed by atoms with van der Waals surface area (Å²) in [5, 5.41) is 19.4. The highest BCUT2D eigenvalue weighted by Crippen LogP contribution is 2.42. The molecule has 0 bridgehead atoms. The molecular weight excluding hydrogens is 663 g/mol. The second kappa shape index (κ2) is 16.6. The second-order valence-electron chi connectivity index (χ2n) is 17.0. The zero-order valence-corrected chi connectivity index (χ0v) is 32.3. The molecule has 1 saturated heterocycles. The van der Waals surface area contributed by atoms with Crippen molar-refractivity contribution >= 4 is 46.3 Å². The van der Waals surface area contributed by atoms with E-state index in [1.165, 1.54) is 33.0 Å². The first-order valence-corrected chi connectivity index (χ1v) is 19.8. The van der Waals surface area contributed by atoms with Crippen molar-refractivity contribution in [1.82, 2.24) is 25.4 Å². The highest BCUT2D eigenvalue weighted by atomic mass is 32.2.